The summed E-state index contributed by atoms with van der Waals surface area (Å²) in [6.07, 6.45) is -0.670. The van der Waals surface area contributed by atoms with E-state index in [9.17, 15) is 29.4 Å². The van der Waals surface area contributed by atoms with Gasteiger partial charge in [0.15, 0.2) is 17.3 Å². The molecule has 6 aromatic rings. The van der Waals surface area contributed by atoms with Crippen LogP contribution in [0.2, 0.25) is 0 Å². The number of hydrogen-bond donors (Lipinski definition) is 20. The monoisotopic (exact) mass is 1550 g/mol. The molecule has 110 heavy (non-hydrogen) atoms. The Hall–Kier alpha value is -11.2. The van der Waals surface area contributed by atoms with Crippen LogP contribution in [-0.4, -0.2) is 229 Å². The van der Waals surface area contributed by atoms with E-state index in [0.29, 0.717) is 38.4 Å². The van der Waals surface area contributed by atoms with Gasteiger partial charge in [-0.15, -0.1) is 0 Å². The van der Waals surface area contributed by atoms with Crippen molar-refractivity contribution in [3.63, 3.8) is 0 Å². The number of carbonyl (C=O) groups is 12. The summed E-state index contributed by atoms with van der Waals surface area (Å²) in [4.78, 5) is 190. The van der Waals surface area contributed by atoms with E-state index in [-0.39, 0.29) is 95.6 Å². The van der Waals surface area contributed by atoms with Crippen molar-refractivity contribution in [2.75, 3.05) is 31.9 Å². The number of aliphatic hydroxyl groups excluding tert-OH is 2. The van der Waals surface area contributed by atoms with Crippen molar-refractivity contribution < 1.29 is 67.7 Å². The van der Waals surface area contributed by atoms with Gasteiger partial charge in [0.2, 0.25) is 65.0 Å². The number of rotatable bonds is 17. The van der Waals surface area contributed by atoms with Crippen molar-refractivity contribution in [2.24, 2.45) is 11.5 Å². The Morgan fingerprint density at radius 2 is 0.845 bits per heavy atom. The number of nitrogens with one attached hydrogen (secondary N) is 16. The zero-order valence-electron chi connectivity index (χ0n) is 60.6. The Morgan fingerprint density at radius 3 is 1.34 bits per heavy atom. The van der Waals surface area contributed by atoms with Crippen LogP contribution in [-0.2, 0) is 83.2 Å². The lowest BCUT2D eigenvalue weighted by atomic mass is 10.0. The minimum absolute atomic E-state index is 0.0366. The van der Waals surface area contributed by atoms with Crippen LogP contribution in [0.4, 0.5) is 0 Å². The van der Waals surface area contributed by atoms with Crippen LogP contribution in [0.5, 0.6) is 0 Å². The van der Waals surface area contributed by atoms with E-state index < -0.39 is 174 Å². The number of aliphatic hydroxyl groups is 2. The number of nitrogens with zero attached hydrogens (tertiary/aromatic N) is 2. The lowest BCUT2D eigenvalue weighted by molar-refractivity contribution is -0.142. The van der Waals surface area contributed by atoms with E-state index in [1.807, 2.05) is 24.3 Å². The number of para-hydroxylation sites is 2. The van der Waals surface area contributed by atoms with Crippen LogP contribution < -0.4 is 75.3 Å². The number of benzene rings is 4. The molecule has 2 bridgehead atoms. The van der Waals surface area contributed by atoms with Gasteiger partial charge >= 0.3 is 0 Å². The molecule has 0 unspecified atom stereocenters. The van der Waals surface area contributed by atoms with E-state index in [4.69, 9.17) is 22.3 Å². The first kappa shape index (κ1) is 81.3. The second-order valence-corrected chi connectivity index (χ2v) is 30.3. The number of aromatic nitrogens is 2. The summed E-state index contributed by atoms with van der Waals surface area (Å²) in [5, 5.41) is 70.4. The van der Waals surface area contributed by atoms with Gasteiger partial charge in [-0.1, -0.05) is 119 Å². The van der Waals surface area contributed by atoms with Crippen LogP contribution in [0.25, 0.3) is 21.8 Å². The number of hydrogen-bond acceptors (Lipinski definition) is 18. The standard InChI is InChI=1S/C74H94N20O14S2/c1-39-71(107)93-36-45(95)32-58(93)67(104)90-55(30-42-17-7-4-8-18-42)64(101)86-52(24-14-28-80-74(77)78)61(98)88-56(31-44-35-82-50-22-12-10-20-48(44)50)65(102)92-70-69(106)84-40(2)72(108)94-37-46(96)33-59(94)68(105)89-54(29-41-15-5-3-6-16-41)63(100)85-51(23-13-27-79-73(75)76)60(97)87-53(62(99)91-57(38-109-110-70)66(103)83-39)26-25-43-34-81-49-21-11-9-19-47(43)49/h3-12,15-22,34-35,39-40,45-46,51-59,70,81-82,95-96H,13-14,23-33,36-38H2,1-2H3,(H,83,103)(H,84,106)(H,85,100)(H,86,101)(H,87,97)(H,88,98)(H,89,105)(H,90,104)(H,91,99)(H,92,102)(H4,75,76,79)(H4,77,78,80)/t39-,40-,45+,46+,51-,52-,53-,54+,55+,56-,57-,58-,59-,70-/m0/s1. The van der Waals surface area contributed by atoms with E-state index in [1.54, 1.807) is 97.3 Å². The molecule has 0 spiro atoms. The first-order valence-corrected chi connectivity index (χ1v) is 38.8. The summed E-state index contributed by atoms with van der Waals surface area (Å²) < 4.78 is 0. The molecule has 36 heteroatoms. The minimum Gasteiger partial charge on any atom is -0.391 e. The molecular weight excluding hydrogens is 1460 g/mol. The lowest BCUT2D eigenvalue weighted by Gasteiger charge is -2.31. The number of H-pyrrole nitrogens is 2. The molecule has 4 aliphatic heterocycles. The molecule has 10 rings (SSSR count). The molecule has 0 radical (unpaired) electrons. The van der Waals surface area contributed by atoms with E-state index in [0.717, 1.165) is 37.1 Å². The summed E-state index contributed by atoms with van der Waals surface area (Å²) in [5.74, 6) is -12.5. The second kappa shape index (κ2) is 38.2. The van der Waals surface area contributed by atoms with Crippen molar-refractivity contribution in [1.29, 1.82) is 10.8 Å². The fraction of sp³-hybridized carbons (Fsp3) is 0.432. The summed E-state index contributed by atoms with van der Waals surface area (Å²) in [6.45, 7) is 1.85. The summed E-state index contributed by atoms with van der Waals surface area (Å²) >= 11 is 0. The SMILES string of the molecule is C[C@@H]1NC(=O)[C@@H]2CSS[C@H](NC(=O)[C@H](Cc3c[nH]c4ccccc34)NC(=O)[C@H](CCCNC(=N)N)NC(=O)[C@@H](Cc3ccccc3)NC(=O)[C@@H]3C[C@@H](O)CN3C1=O)C(=O)N[C@@H](C)C(=O)N1C[C@H](O)C[C@H]1C(=O)N[C@H](Cc1ccccc1)C(=O)N[C@@H](CCCNC(=N)N)C(=O)N[C@@H](CCc1c[nH]c3ccccc13)C(=O)N2. The Morgan fingerprint density at radius 1 is 0.455 bits per heavy atom. The maximum Gasteiger partial charge on any atom is 0.254 e. The molecule has 14 atom stereocenters. The third-order valence-corrected chi connectivity index (χ3v) is 22.1. The van der Waals surface area contributed by atoms with E-state index >= 15 is 38.4 Å². The normalized spacial score (nSPS) is 26.3. The van der Waals surface area contributed by atoms with Crippen molar-refractivity contribution >= 4 is 126 Å². The fourth-order valence-corrected chi connectivity index (χ4v) is 16.2. The number of amides is 12. The minimum atomic E-state index is -1.80. The Labute approximate surface area is 640 Å². The second-order valence-electron chi connectivity index (χ2n) is 27.8. The summed E-state index contributed by atoms with van der Waals surface area (Å²) in [6, 6.07) is 14.6. The highest BCUT2D eigenvalue weighted by molar-refractivity contribution is 8.77. The van der Waals surface area contributed by atoms with Gasteiger partial charge in [0, 0.05) is 98.2 Å². The fourth-order valence-electron chi connectivity index (χ4n) is 13.8. The maximum absolute atomic E-state index is 15.5. The molecule has 34 nitrogen and oxygen atoms in total. The van der Waals surface area contributed by atoms with Gasteiger partial charge < -0.3 is 105 Å². The van der Waals surface area contributed by atoms with Gasteiger partial charge in [0.05, 0.1) is 12.2 Å². The molecule has 0 aliphatic carbocycles. The van der Waals surface area contributed by atoms with Crippen LogP contribution in [0.1, 0.15) is 81.0 Å². The molecule has 4 fully saturated rings. The highest BCUT2D eigenvalue weighted by Crippen LogP contribution is 2.30. The molecule has 4 aromatic carbocycles. The molecule has 12 amide bonds. The molecule has 2 aromatic heterocycles. The van der Waals surface area contributed by atoms with Gasteiger partial charge in [-0.2, -0.15) is 0 Å². The van der Waals surface area contributed by atoms with Crippen LogP contribution >= 0.6 is 21.6 Å². The van der Waals surface area contributed by atoms with Gasteiger partial charge in [0.1, 0.15) is 66.5 Å². The zero-order valence-corrected chi connectivity index (χ0v) is 62.2. The highest BCUT2D eigenvalue weighted by atomic mass is 33.1. The summed E-state index contributed by atoms with van der Waals surface area (Å²) in [5.41, 5.74) is 15.0. The Kier molecular flexibility index (Phi) is 28.2. The number of carbonyl (C=O) groups excluding carboxylic acids is 12. The number of guanidine groups is 2. The number of aromatic amines is 2. The van der Waals surface area contributed by atoms with Crippen molar-refractivity contribution in [3.8, 4) is 0 Å². The van der Waals surface area contributed by atoms with Gasteiger partial charge in [0.25, 0.3) is 5.91 Å². The van der Waals surface area contributed by atoms with Gasteiger partial charge in [-0.3, -0.25) is 68.4 Å². The maximum atomic E-state index is 15.5. The highest BCUT2D eigenvalue weighted by Gasteiger charge is 2.45. The third kappa shape index (κ3) is 21.8. The van der Waals surface area contributed by atoms with Crippen LogP contribution in [0.3, 0.4) is 0 Å². The van der Waals surface area contributed by atoms with E-state index in [2.05, 4.69) is 73.8 Å². The average Bonchev–Trinajstić information content (AvgIpc) is 1.63. The molecule has 4 aliphatic rings. The first-order chi connectivity index (χ1) is 52.8. The molecule has 22 N–H and O–H groups in total. The quantitative estimate of drug-likeness (QED) is 0.0203. The van der Waals surface area contributed by atoms with E-state index in [1.165, 1.54) is 13.8 Å². The van der Waals surface area contributed by atoms with Gasteiger partial charge in [-0.05, 0) is 86.8 Å². The predicted octanol–water partition coefficient (Wildman–Crippen LogP) is -1.99. The molecule has 6 heterocycles. The zero-order chi connectivity index (χ0) is 78.7. The van der Waals surface area contributed by atoms with Crippen molar-refractivity contribution in [2.45, 2.75) is 169 Å². The van der Waals surface area contributed by atoms with Crippen LogP contribution in [0, 0.1) is 10.8 Å². The molecule has 586 valence electrons. The first-order valence-electron chi connectivity index (χ1n) is 36.4. The number of nitrogens with two attached hydrogens (primary N) is 2. The largest absolute Gasteiger partial charge is 0.391 e. The third-order valence-electron chi connectivity index (χ3n) is 19.5. The Balaban J connectivity index is 1.08. The van der Waals surface area contributed by atoms with Crippen molar-refractivity contribution in [3.05, 3.63) is 144 Å². The average molecular weight is 1550 g/mol. The van der Waals surface area contributed by atoms with Crippen molar-refractivity contribution in [1.82, 2.24) is 83.6 Å². The summed E-state index contributed by atoms with van der Waals surface area (Å²) in [7, 11) is 1.37. The van der Waals surface area contributed by atoms with Gasteiger partial charge in [-0.25, -0.2) is 0 Å². The Bertz CT molecular complexity index is 4360. The smallest absolute Gasteiger partial charge is 0.254 e. The number of aryl methyl sites for hydroxylation is 1. The topological polar surface area (TPSA) is 527 Å². The predicted molar refractivity (Wildman–Crippen MR) is 410 cm³/mol. The molecular formula is C74H94N20O14S2. The molecule has 0 saturated carbocycles. The lowest BCUT2D eigenvalue weighted by Crippen LogP contribution is -2.61. The number of fused-ring (bicyclic) bond motifs is 8. The molecule has 4 saturated heterocycles. The van der Waals surface area contributed by atoms with Crippen LogP contribution in [0.15, 0.2) is 122 Å².